The number of hydrogen-bond acceptors (Lipinski definition) is 5. The van der Waals surface area contributed by atoms with Gasteiger partial charge in [-0.2, -0.15) is 0 Å². The number of thiophene rings is 1. The second-order valence-corrected chi connectivity index (χ2v) is 8.65. The number of benzene rings is 1. The van der Waals surface area contributed by atoms with Crippen molar-refractivity contribution in [1.29, 1.82) is 0 Å². The Labute approximate surface area is 161 Å². The van der Waals surface area contributed by atoms with Gasteiger partial charge in [-0.3, -0.25) is 9.69 Å². The largest absolute Gasteiger partial charge is 0.443 e. The van der Waals surface area contributed by atoms with E-state index in [9.17, 15) is 9.59 Å². The van der Waals surface area contributed by atoms with E-state index in [1.54, 1.807) is 11.0 Å². The smallest absolute Gasteiger partial charge is 0.414 e. The molecule has 2 heterocycles. The van der Waals surface area contributed by atoms with Crippen LogP contribution in [0.3, 0.4) is 0 Å². The standard InChI is InChI=1S/C19H22ClNO4S/c1-10-9-26-17-14(24-11(2)22)6-13-16(15(10)17)12(7-20)8-21(13)18(23)25-19(3,4)5/h6,9,12H,7-8H2,1-5H3/t12-/m1/s1. The normalized spacial score (nSPS) is 16.7. The Morgan fingerprint density at radius 3 is 2.65 bits per heavy atom. The van der Waals surface area contributed by atoms with Crippen molar-refractivity contribution in [1.82, 2.24) is 0 Å². The average Bonchev–Trinajstić information content (AvgIpc) is 3.06. The van der Waals surface area contributed by atoms with Gasteiger partial charge < -0.3 is 9.47 Å². The zero-order chi connectivity index (χ0) is 19.2. The minimum atomic E-state index is -0.600. The third-order valence-corrected chi connectivity index (χ3v) is 5.65. The van der Waals surface area contributed by atoms with Gasteiger partial charge in [0.25, 0.3) is 0 Å². The molecule has 1 aliphatic rings. The molecule has 2 aromatic rings. The number of fused-ring (bicyclic) bond motifs is 3. The minimum Gasteiger partial charge on any atom is -0.443 e. The van der Waals surface area contributed by atoms with Crippen molar-refractivity contribution in [3.05, 3.63) is 22.6 Å². The molecule has 0 aliphatic carbocycles. The zero-order valence-electron chi connectivity index (χ0n) is 15.5. The van der Waals surface area contributed by atoms with E-state index < -0.39 is 17.7 Å². The van der Waals surface area contributed by atoms with Crippen LogP contribution in [0.1, 0.15) is 44.7 Å². The predicted molar refractivity (Wildman–Crippen MR) is 105 cm³/mol. The Bertz CT molecular complexity index is 884. The lowest BCUT2D eigenvalue weighted by Crippen LogP contribution is -2.36. The lowest BCUT2D eigenvalue weighted by molar-refractivity contribution is -0.131. The van der Waals surface area contributed by atoms with Crippen LogP contribution in [-0.2, 0) is 9.53 Å². The van der Waals surface area contributed by atoms with E-state index in [1.165, 1.54) is 18.3 Å². The lowest BCUT2D eigenvalue weighted by Gasteiger charge is -2.25. The Hall–Kier alpha value is -1.79. The van der Waals surface area contributed by atoms with Crippen molar-refractivity contribution < 1.29 is 19.1 Å². The summed E-state index contributed by atoms with van der Waals surface area (Å²) in [5.41, 5.74) is 2.21. The van der Waals surface area contributed by atoms with Crippen LogP contribution in [0.5, 0.6) is 5.75 Å². The average molecular weight is 396 g/mol. The van der Waals surface area contributed by atoms with Gasteiger partial charge in [-0.05, 0) is 44.2 Å². The number of halogens is 1. The second kappa shape index (κ2) is 6.74. The van der Waals surface area contributed by atoms with Gasteiger partial charge in [0.15, 0.2) is 5.75 Å². The fraction of sp³-hybridized carbons (Fsp3) is 0.474. The topological polar surface area (TPSA) is 55.8 Å². The van der Waals surface area contributed by atoms with Gasteiger partial charge in [-0.1, -0.05) is 0 Å². The second-order valence-electron chi connectivity index (χ2n) is 7.47. The molecule has 1 atom stereocenters. The predicted octanol–water partition coefficient (Wildman–Crippen LogP) is 5.21. The van der Waals surface area contributed by atoms with E-state index in [2.05, 4.69) is 0 Å². The van der Waals surface area contributed by atoms with Crippen LogP contribution in [0.25, 0.3) is 10.1 Å². The van der Waals surface area contributed by atoms with Crippen molar-refractivity contribution in [2.24, 2.45) is 0 Å². The monoisotopic (exact) mass is 395 g/mol. The summed E-state index contributed by atoms with van der Waals surface area (Å²) in [7, 11) is 0. The summed E-state index contributed by atoms with van der Waals surface area (Å²) in [5.74, 6) is 0.464. The fourth-order valence-electron chi connectivity index (χ4n) is 3.25. The molecule has 7 heteroatoms. The van der Waals surface area contributed by atoms with E-state index in [-0.39, 0.29) is 5.92 Å². The molecule has 0 fully saturated rings. The van der Waals surface area contributed by atoms with Crippen LogP contribution in [-0.4, -0.2) is 30.1 Å². The molecule has 3 rings (SSSR count). The SMILES string of the molecule is CC(=O)Oc1cc2c(c3c(C)csc13)[C@H](CCl)CN2C(=O)OC(C)(C)C. The number of hydrogen-bond donors (Lipinski definition) is 0. The van der Waals surface area contributed by atoms with Gasteiger partial charge in [0, 0.05) is 36.7 Å². The van der Waals surface area contributed by atoms with Gasteiger partial charge in [0.05, 0.1) is 10.4 Å². The van der Waals surface area contributed by atoms with Gasteiger partial charge >= 0.3 is 12.1 Å². The van der Waals surface area contributed by atoms with E-state index in [0.29, 0.717) is 23.9 Å². The van der Waals surface area contributed by atoms with Crippen LogP contribution in [0.4, 0.5) is 10.5 Å². The molecule has 1 aromatic heterocycles. The Morgan fingerprint density at radius 1 is 1.38 bits per heavy atom. The number of amides is 1. The highest BCUT2D eigenvalue weighted by Crippen LogP contribution is 2.48. The molecule has 0 bridgehead atoms. The highest BCUT2D eigenvalue weighted by atomic mass is 35.5. The molecule has 5 nitrogen and oxygen atoms in total. The number of carbonyl (C=O) groups is 2. The Kier molecular flexibility index (Phi) is 4.92. The number of esters is 1. The van der Waals surface area contributed by atoms with Gasteiger partial charge in [-0.25, -0.2) is 4.79 Å². The van der Waals surface area contributed by atoms with E-state index in [0.717, 1.165) is 21.2 Å². The van der Waals surface area contributed by atoms with Crippen LogP contribution in [0.15, 0.2) is 11.4 Å². The first-order valence-electron chi connectivity index (χ1n) is 8.42. The summed E-state index contributed by atoms with van der Waals surface area (Å²) in [6.07, 6.45) is -0.424. The van der Waals surface area contributed by atoms with Crippen molar-refractivity contribution in [2.45, 2.75) is 46.1 Å². The molecular weight excluding hydrogens is 374 g/mol. The van der Waals surface area contributed by atoms with Gasteiger partial charge in [0.2, 0.25) is 0 Å². The Morgan fingerprint density at radius 2 is 2.08 bits per heavy atom. The van der Waals surface area contributed by atoms with Gasteiger partial charge in [0.1, 0.15) is 5.60 Å². The lowest BCUT2D eigenvalue weighted by atomic mass is 9.97. The van der Waals surface area contributed by atoms with Crippen molar-refractivity contribution >= 4 is 50.8 Å². The van der Waals surface area contributed by atoms with Crippen LogP contribution in [0.2, 0.25) is 0 Å². The summed E-state index contributed by atoms with van der Waals surface area (Å²) >= 11 is 7.75. The first-order valence-corrected chi connectivity index (χ1v) is 9.83. The van der Waals surface area contributed by atoms with Crippen LogP contribution < -0.4 is 9.64 Å². The molecule has 0 spiro atoms. The summed E-state index contributed by atoms with van der Waals surface area (Å²) in [4.78, 5) is 25.9. The number of ether oxygens (including phenoxy) is 2. The van der Waals surface area contributed by atoms with Crippen LogP contribution >= 0.6 is 22.9 Å². The Balaban J connectivity index is 2.18. The van der Waals surface area contributed by atoms with Crippen LogP contribution in [0, 0.1) is 6.92 Å². The number of rotatable bonds is 2. The first kappa shape index (κ1) is 19.0. The molecule has 0 saturated carbocycles. The molecule has 140 valence electrons. The molecule has 1 amide bonds. The first-order chi connectivity index (χ1) is 12.1. The maximum absolute atomic E-state index is 12.7. The summed E-state index contributed by atoms with van der Waals surface area (Å²) in [5, 5.41) is 3.04. The molecule has 0 saturated heterocycles. The van der Waals surface area contributed by atoms with Crippen molar-refractivity contribution in [3.8, 4) is 5.75 Å². The fourth-order valence-corrected chi connectivity index (χ4v) is 4.52. The van der Waals surface area contributed by atoms with Crippen molar-refractivity contribution in [3.63, 3.8) is 0 Å². The van der Waals surface area contributed by atoms with E-state index in [1.807, 2.05) is 33.1 Å². The molecule has 1 aliphatic heterocycles. The highest BCUT2D eigenvalue weighted by Gasteiger charge is 2.37. The summed E-state index contributed by atoms with van der Waals surface area (Å²) in [6.45, 7) is 9.32. The maximum atomic E-state index is 12.7. The highest BCUT2D eigenvalue weighted by molar-refractivity contribution is 7.17. The molecule has 26 heavy (non-hydrogen) atoms. The number of alkyl halides is 1. The molecule has 0 N–H and O–H groups in total. The summed E-state index contributed by atoms with van der Waals surface area (Å²) < 4.78 is 11.9. The molecule has 0 unspecified atom stereocenters. The minimum absolute atomic E-state index is 0.00126. The van der Waals surface area contributed by atoms with E-state index >= 15 is 0 Å². The number of anilines is 1. The molecule has 0 radical (unpaired) electrons. The third-order valence-electron chi connectivity index (χ3n) is 4.17. The number of aryl methyl sites for hydroxylation is 1. The number of carbonyl (C=O) groups excluding carboxylic acids is 2. The van der Waals surface area contributed by atoms with E-state index in [4.69, 9.17) is 21.1 Å². The maximum Gasteiger partial charge on any atom is 0.414 e. The quantitative estimate of drug-likeness (QED) is 0.397. The molecular formula is C19H22ClNO4S. The third kappa shape index (κ3) is 3.40. The van der Waals surface area contributed by atoms with Crippen molar-refractivity contribution in [2.75, 3.05) is 17.3 Å². The zero-order valence-corrected chi connectivity index (χ0v) is 17.1. The summed E-state index contributed by atoms with van der Waals surface area (Å²) in [6, 6.07) is 1.76. The number of nitrogens with zero attached hydrogens (tertiary/aromatic N) is 1. The van der Waals surface area contributed by atoms with Gasteiger partial charge in [-0.15, -0.1) is 22.9 Å². The molecule has 1 aromatic carbocycles.